The van der Waals surface area contributed by atoms with Gasteiger partial charge in [-0.15, -0.1) is 0 Å². The number of rotatable bonds is 65. The molecule has 1 aliphatic carbocycles. The molecule has 0 heterocycles. The molecule has 4 N–H and O–H groups in total. The van der Waals surface area contributed by atoms with Gasteiger partial charge in [-0.1, -0.05) is 420 Å². The van der Waals surface area contributed by atoms with Crippen molar-refractivity contribution in [2.45, 2.75) is 466 Å². The quantitative estimate of drug-likeness (QED) is 0.0361. The second-order valence-electron chi connectivity index (χ2n) is 26.2. The topological polar surface area (TPSA) is 89.8 Å². The number of carbonyl (C=O) groups excluding carboxylic acids is 1. The van der Waals surface area contributed by atoms with E-state index in [1.165, 1.54) is 346 Å². The predicted octanol–water partition coefficient (Wildman–Crippen LogP) is 26.5. The van der Waals surface area contributed by atoms with Crippen LogP contribution >= 0.6 is 0 Å². The average Bonchev–Trinajstić information content (AvgIpc) is 3.55. The minimum Gasteiger partial charge on any atom is -0.394 e. The molecule has 0 bridgehead atoms. The fourth-order valence-electron chi connectivity index (χ4n) is 12.7. The van der Waals surface area contributed by atoms with Crippen molar-refractivity contribution in [2.75, 3.05) is 6.61 Å². The lowest BCUT2D eigenvalue weighted by atomic mass is 9.68. The van der Waals surface area contributed by atoms with Gasteiger partial charge in [0.2, 0.25) is 5.91 Å². The third-order valence-electron chi connectivity index (χ3n) is 18.4. The molecule has 1 rings (SSSR count). The minimum atomic E-state index is -1.01. The average molecular weight is 1200 g/mol. The Morgan fingerprint density at radius 1 is 0.388 bits per heavy atom. The van der Waals surface area contributed by atoms with Gasteiger partial charge in [0.15, 0.2) is 0 Å². The number of aliphatic hydroxyl groups is 3. The van der Waals surface area contributed by atoms with Crippen LogP contribution in [0.4, 0.5) is 0 Å². The molecule has 510 valence electrons. The summed E-state index contributed by atoms with van der Waals surface area (Å²) in [5, 5.41) is 33.4. The SMILES string of the molecule is CC.CC.CC.CCCC=C(CCCCCCCCCCCCCCCCC)C1CC(CCCCCCCCCCCCCCCCCCCCCCCCCCCCCC(=O)NC(CO)C(O)/C=C/C(O)CCCCCCCCCCCC)C1. The van der Waals surface area contributed by atoms with Gasteiger partial charge in [-0.3, -0.25) is 4.79 Å². The highest BCUT2D eigenvalue weighted by atomic mass is 16.3. The van der Waals surface area contributed by atoms with Crippen molar-refractivity contribution in [3.63, 3.8) is 0 Å². The summed E-state index contributed by atoms with van der Waals surface area (Å²) in [7, 11) is 0. The molecule has 0 aliphatic heterocycles. The van der Waals surface area contributed by atoms with Crippen molar-refractivity contribution in [3.05, 3.63) is 23.8 Å². The van der Waals surface area contributed by atoms with Crippen LogP contribution in [0.2, 0.25) is 0 Å². The Morgan fingerprint density at radius 2 is 0.682 bits per heavy atom. The van der Waals surface area contributed by atoms with E-state index in [2.05, 4.69) is 32.2 Å². The molecule has 0 aromatic rings. The molecule has 85 heavy (non-hydrogen) atoms. The van der Waals surface area contributed by atoms with Crippen LogP contribution < -0.4 is 5.32 Å². The number of aliphatic hydroxyl groups excluding tert-OH is 3. The van der Waals surface area contributed by atoms with Crippen LogP contribution in [0.25, 0.3) is 0 Å². The smallest absolute Gasteiger partial charge is 0.220 e. The first-order chi connectivity index (χ1) is 41.9. The molecule has 1 fully saturated rings. The van der Waals surface area contributed by atoms with E-state index in [-0.39, 0.29) is 12.5 Å². The first-order valence-electron chi connectivity index (χ1n) is 39.6. The molecular weight excluding hydrogens is 1040 g/mol. The lowest BCUT2D eigenvalue weighted by molar-refractivity contribution is -0.123. The van der Waals surface area contributed by atoms with E-state index in [9.17, 15) is 20.1 Å². The number of allylic oxidation sites excluding steroid dienone is 2. The molecule has 0 aromatic heterocycles. The Bertz CT molecular complexity index is 1280. The van der Waals surface area contributed by atoms with Gasteiger partial charge in [-0.2, -0.15) is 0 Å². The maximum Gasteiger partial charge on any atom is 0.220 e. The second-order valence-corrected chi connectivity index (χ2v) is 26.2. The zero-order chi connectivity index (χ0) is 63.0. The van der Waals surface area contributed by atoms with Crippen LogP contribution in [0.5, 0.6) is 0 Å². The van der Waals surface area contributed by atoms with Crippen LogP contribution in [0, 0.1) is 11.8 Å². The molecule has 5 heteroatoms. The highest BCUT2D eigenvalue weighted by Gasteiger charge is 2.30. The molecule has 1 amide bonds. The zero-order valence-corrected chi connectivity index (χ0v) is 60.0. The number of hydrogen-bond donors (Lipinski definition) is 4. The van der Waals surface area contributed by atoms with Gasteiger partial charge in [0.05, 0.1) is 24.9 Å². The molecule has 0 aromatic carbocycles. The first kappa shape index (κ1) is 88.0. The van der Waals surface area contributed by atoms with E-state index >= 15 is 0 Å². The fraction of sp³-hybridized carbons (Fsp3) is 0.938. The van der Waals surface area contributed by atoms with E-state index in [1.54, 1.807) is 6.08 Å². The standard InChI is InChI=1S/C74H143NO4.3C2H6/c1-4-7-10-12-14-16-18-19-33-37-40-43-47-51-55-60-69(59-9-6-3)70-65-68(66-70)58-54-50-46-42-39-36-34-31-29-27-25-23-21-20-22-24-26-28-30-32-35-38-41-45-49-53-57-62-74(79)75-72(67-76)73(78)64-63-71(77)61-56-52-48-44-17-15-13-11-8-5-2;3*1-2/h59,63-64,68,70-73,76-78H,4-58,60-62,65-67H2,1-3H3,(H,75,79);3*1-2H3/b64-63+,69-59?;;;. The summed E-state index contributed by atoms with van der Waals surface area (Å²) in [5.74, 6) is 1.85. The van der Waals surface area contributed by atoms with Crippen molar-refractivity contribution in [3.8, 4) is 0 Å². The lowest BCUT2D eigenvalue weighted by Crippen LogP contribution is -2.45. The van der Waals surface area contributed by atoms with Gasteiger partial charge in [-0.05, 0) is 56.8 Å². The summed E-state index contributed by atoms with van der Waals surface area (Å²) in [4.78, 5) is 12.5. The van der Waals surface area contributed by atoms with Crippen LogP contribution in [-0.2, 0) is 4.79 Å². The van der Waals surface area contributed by atoms with E-state index in [0.717, 1.165) is 43.9 Å². The van der Waals surface area contributed by atoms with Gasteiger partial charge >= 0.3 is 0 Å². The van der Waals surface area contributed by atoms with Gasteiger partial charge in [-0.25, -0.2) is 0 Å². The molecule has 3 atom stereocenters. The summed E-state index contributed by atoms with van der Waals surface area (Å²) < 4.78 is 0. The zero-order valence-electron chi connectivity index (χ0n) is 60.0. The fourth-order valence-corrected chi connectivity index (χ4v) is 12.7. The number of amides is 1. The number of unbranched alkanes of at least 4 members (excludes halogenated alkanes) is 50. The monoisotopic (exact) mass is 1200 g/mol. The van der Waals surface area contributed by atoms with E-state index in [0.29, 0.717) is 12.8 Å². The Labute approximate surface area is 536 Å². The number of carbonyl (C=O) groups is 1. The number of nitrogens with one attached hydrogen (secondary N) is 1. The molecule has 0 radical (unpaired) electrons. The maximum atomic E-state index is 12.5. The van der Waals surface area contributed by atoms with Crippen molar-refractivity contribution in [1.29, 1.82) is 0 Å². The Kier molecular flexibility index (Phi) is 79.8. The summed E-state index contributed by atoms with van der Waals surface area (Å²) in [6, 6.07) is -0.742. The first-order valence-corrected chi connectivity index (χ1v) is 39.6. The second kappa shape index (κ2) is 77.1. The summed E-state index contributed by atoms with van der Waals surface area (Å²) in [6.45, 7) is 18.6. The highest BCUT2D eigenvalue weighted by Crippen LogP contribution is 2.43. The largest absolute Gasteiger partial charge is 0.394 e. The minimum absolute atomic E-state index is 0.120. The highest BCUT2D eigenvalue weighted by molar-refractivity contribution is 5.76. The van der Waals surface area contributed by atoms with Crippen LogP contribution in [0.3, 0.4) is 0 Å². The van der Waals surface area contributed by atoms with Gasteiger partial charge in [0, 0.05) is 6.42 Å². The third kappa shape index (κ3) is 65.6. The van der Waals surface area contributed by atoms with Crippen LogP contribution in [0.15, 0.2) is 23.8 Å². The van der Waals surface area contributed by atoms with Crippen molar-refractivity contribution in [2.24, 2.45) is 11.8 Å². The molecule has 1 aliphatic rings. The Hall–Kier alpha value is -1.17. The Balaban J connectivity index is -0.0000108. The number of hydrogen-bond acceptors (Lipinski definition) is 4. The van der Waals surface area contributed by atoms with E-state index < -0.39 is 18.2 Å². The van der Waals surface area contributed by atoms with Crippen LogP contribution in [0.1, 0.15) is 448 Å². The molecule has 1 saturated carbocycles. The maximum absolute atomic E-state index is 12.5. The Morgan fingerprint density at radius 3 is 1.00 bits per heavy atom. The summed E-state index contributed by atoms with van der Waals surface area (Å²) >= 11 is 0. The van der Waals surface area contributed by atoms with Crippen molar-refractivity contribution >= 4 is 5.91 Å². The lowest BCUT2D eigenvalue weighted by Gasteiger charge is -2.37. The molecular formula is C80H161NO4. The summed E-state index contributed by atoms with van der Waals surface area (Å²) in [5.41, 5.74) is 1.86. The van der Waals surface area contributed by atoms with Crippen LogP contribution in [-0.4, -0.2) is 46.1 Å². The molecule has 5 nitrogen and oxygen atoms in total. The van der Waals surface area contributed by atoms with Gasteiger partial charge < -0.3 is 20.6 Å². The van der Waals surface area contributed by atoms with Gasteiger partial charge in [0.1, 0.15) is 0 Å². The molecule has 3 unspecified atom stereocenters. The van der Waals surface area contributed by atoms with E-state index in [4.69, 9.17) is 0 Å². The molecule has 0 spiro atoms. The van der Waals surface area contributed by atoms with E-state index in [1.807, 2.05) is 47.1 Å². The predicted molar refractivity (Wildman–Crippen MR) is 383 cm³/mol. The molecule has 0 saturated heterocycles. The normalized spacial score (nSPS) is 15.1. The summed E-state index contributed by atoms with van der Waals surface area (Å²) in [6.07, 6.45) is 85.5. The van der Waals surface area contributed by atoms with Crippen molar-refractivity contribution < 1.29 is 20.1 Å². The van der Waals surface area contributed by atoms with Crippen molar-refractivity contribution in [1.82, 2.24) is 5.32 Å². The third-order valence-corrected chi connectivity index (χ3v) is 18.4. The van der Waals surface area contributed by atoms with Gasteiger partial charge in [0.25, 0.3) is 0 Å².